The van der Waals surface area contributed by atoms with Gasteiger partial charge in [0, 0.05) is 6.04 Å². The smallest absolute Gasteiger partial charge is 0.157 e. The summed E-state index contributed by atoms with van der Waals surface area (Å²) in [5, 5.41) is 3.36. The second-order valence-electron chi connectivity index (χ2n) is 6.23. The molecule has 1 aromatic rings. The summed E-state index contributed by atoms with van der Waals surface area (Å²) in [5.41, 5.74) is 0. The molecule has 1 heterocycles. The molecule has 112 valence electrons. The number of sulfone groups is 1. The van der Waals surface area contributed by atoms with Crippen LogP contribution in [0.25, 0.3) is 0 Å². The maximum Gasteiger partial charge on any atom is 0.157 e. The van der Waals surface area contributed by atoms with Gasteiger partial charge < -0.3 is 9.73 Å². The molecule has 0 atom stereocenters. The zero-order chi connectivity index (χ0) is 14.0. The SMILES string of the molecule is O=S(=O)(Cc1ccc(CNC2CC2)o1)CC1CCCC1. The van der Waals surface area contributed by atoms with Crippen LogP contribution in [0.1, 0.15) is 50.0 Å². The first-order chi connectivity index (χ1) is 9.61. The van der Waals surface area contributed by atoms with Crippen molar-refractivity contribution >= 4 is 9.84 Å². The highest BCUT2D eigenvalue weighted by molar-refractivity contribution is 7.90. The minimum atomic E-state index is -3.04. The third kappa shape index (κ3) is 4.09. The van der Waals surface area contributed by atoms with Gasteiger partial charge in [-0.05, 0) is 43.7 Å². The first-order valence-electron chi connectivity index (χ1n) is 7.62. The predicted molar refractivity (Wildman–Crippen MR) is 78.0 cm³/mol. The molecule has 0 unspecified atom stereocenters. The fourth-order valence-corrected chi connectivity index (χ4v) is 4.70. The van der Waals surface area contributed by atoms with Crippen molar-refractivity contribution in [1.82, 2.24) is 5.32 Å². The molecule has 0 amide bonds. The average Bonchev–Trinajstić information content (AvgIpc) is 2.89. The first kappa shape index (κ1) is 14.1. The fourth-order valence-electron chi connectivity index (χ4n) is 2.94. The highest BCUT2D eigenvalue weighted by atomic mass is 32.2. The van der Waals surface area contributed by atoms with Crippen LogP contribution in [-0.2, 0) is 22.1 Å². The summed E-state index contributed by atoms with van der Waals surface area (Å²) < 4.78 is 30.0. The van der Waals surface area contributed by atoms with Crippen LogP contribution in [0.5, 0.6) is 0 Å². The van der Waals surface area contributed by atoms with Gasteiger partial charge in [0.25, 0.3) is 0 Å². The van der Waals surface area contributed by atoms with E-state index in [4.69, 9.17) is 4.42 Å². The number of nitrogens with one attached hydrogen (secondary N) is 1. The van der Waals surface area contributed by atoms with Crippen molar-refractivity contribution in [2.75, 3.05) is 5.75 Å². The van der Waals surface area contributed by atoms with Crippen molar-refractivity contribution in [3.8, 4) is 0 Å². The largest absolute Gasteiger partial charge is 0.464 e. The molecule has 2 aliphatic carbocycles. The summed E-state index contributed by atoms with van der Waals surface area (Å²) >= 11 is 0. The third-order valence-electron chi connectivity index (χ3n) is 4.19. The molecule has 0 aliphatic heterocycles. The zero-order valence-corrected chi connectivity index (χ0v) is 12.6. The second kappa shape index (κ2) is 5.90. The molecule has 0 spiro atoms. The lowest BCUT2D eigenvalue weighted by Gasteiger charge is -2.08. The predicted octanol–water partition coefficient (Wildman–Crippen LogP) is 2.64. The van der Waals surface area contributed by atoms with Crippen LogP contribution in [0.4, 0.5) is 0 Å². The van der Waals surface area contributed by atoms with E-state index in [9.17, 15) is 8.42 Å². The fraction of sp³-hybridized carbons (Fsp3) is 0.733. The van der Waals surface area contributed by atoms with Gasteiger partial charge >= 0.3 is 0 Å². The van der Waals surface area contributed by atoms with Gasteiger partial charge in [-0.15, -0.1) is 0 Å². The van der Waals surface area contributed by atoms with Crippen LogP contribution in [-0.4, -0.2) is 20.2 Å². The normalized spacial score (nSPS) is 20.6. The maximum atomic E-state index is 12.2. The molecule has 0 radical (unpaired) electrons. The summed E-state index contributed by atoms with van der Waals surface area (Å²) in [6, 6.07) is 4.32. The Hall–Kier alpha value is -0.810. The highest BCUT2D eigenvalue weighted by Crippen LogP contribution is 2.27. The summed E-state index contributed by atoms with van der Waals surface area (Å²) in [5.74, 6) is 2.15. The van der Waals surface area contributed by atoms with Crippen LogP contribution in [0.3, 0.4) is 0 Å². The van der Waals surface area contributed by atoms with Gasteiger partial charge in [-0.1, -0.05) is 12.8 Å². The topological polar surface area (TPSA) is 59.3 Å². The third-order valence-corrected chi connectivity index (χ3v) is 5.89. The van der Waals surface area contributed by atoms with Gasteiger partial charge in [0.15, 0.2) is 9.84 Å². The Kier molecular flexibility index (Phi) is 4.17. The van der Waals surface area contributed by atoms with Crippen molar-refractivity contribution in [3.05, 3.63) is 23.7 Å². The van der Waals surface area contributed by atoms with Crippen molar-refractivity contribution in [2.45, 2.75) is 56.9 Å². The lowest BCUT2D eigenvalue weighted by atomic mass is 10.1. The standard InChI is InChI=1S/C15H23NO3S/c17-20(18,10-12-3-1-2-4-12)11-15-8-7-14(19-15)9-16-13-5-6-13/h7-8,12-13,16H,1-6,9-11H2. The molecule has 0 saturated heterocycles. The van der Waals surface area contributed by atoms with Crippen LogP contribution in [0.2, 0.25) is 0 Å². The van der Waals surface area contributed by atoms with Crippen LogP contribution < -0.4 is 5.32 Å². The Morgan fingerprint density at radius 2 is 1.80 bits per heavy atom. The summed E-state index contributed by atoms with van der Waals surface area (Å²) in [7, 11) is -3.04. The van der Waals surface area contributed by atoms with Gasteiger partial charge in [0.05, 0.1) is 12.3 Å². The molecular formula is C15H23NO3S. The molecule has 1 N–H and O–H groups in total. The maximum absolute atomic E-state index is 12.2. The van der Waals surface area contributed by atoms with E-state index in [1.165, 1.54) is 25.7 Å². The van der Waals surface area contributed by atoms with E-state index < -0.39 is 9.84 Å². The average molecular weight is 297 g/mol. The summed E-state index contributed by atoms with van der Waals surface area (Å²) in [6.07, 6.45) is 6.96. The minimum Gasteiger partial charge on any atom is -0.464 e. The molecule has 3 rings (SSSR count). The zero-order valence-electron chi connectivity index (χ0n) is 11.8. The second-order valence-corrected chi connectivity index (χ2v) is 8.34. The lowest BCUT2D eigenvalue weighted by molar-refractivity contribution is 0.454. The van der Waals surface area contributed by atoms with Crippen LogP contribution in [0, 0.1) is 5.92 Å². The quantitative estimate of drug-likeness (QED) is 0.840. The first-order valence-corrected chi connectivity index (χ1v) is 9.44. The Balaban J connectivity index is 1.52. The van der Waals surface area contributed by atoms with Gasteiger partial charge in [-0.2, -0.15) is 0 Å². The number of hydrogen-bond acceptors (Lipinski definition) is 4. The van der Waals surface area contributed by atoms with Crippen LogP contribution in [0.15, 0.2) is 16.5 Å². The molecule has 2 saturated carbocycles. The summed E-state index contributed by atoms with van der Waals surface area (Å²) in [6.45, 7) is 0.702. The Morgan fingerprint density at radius 1 is 1.10 bits per heavy atom. The summed E-state index contributed by atoms with van der Waals surface area (Å²) in [4.78, 5) is 0. The Morgan fingerprint density at radius 3 is 2.50 bits per heavy atom. The lowest BCUT2D eigenvalue weighted by Crippen LogP contribution is -2.16. The number of furan rings is 1. The molecule has 0 bridgehead atoms. The molecule has 2 aliphatic rings. The molecule has 4 nitrogen and oxygen atoms in total. The van der Waals surface area contributed by atoms with Crippen molar-refractivity contribution in [1.29, 1.82) is 0 Å². The minimum absolute atomic E-state index is 0.0485. The highest BCUT2D eigenvalue weighted by Gasteiger charge is 2.24. The van der Waals surface area contributed by atoms with E-state index in [2.05, 4.69) is 5.32 Å². The van der Waals surface area contributed by atoms with Crippen LogP contribution >= 0.6 is 0 Å². The molecular weight excluding hydrogens is 274 g/mol. The number of hydrogen-bond donors (Lipinski definition) is 1. The molecule has 20 heavy (non-hydrogen) atoms. The van der Waals surface area contributed by atoms with E-state index in [1.54, 1.807) is 6.07 Å². The Bertz CT molecular complexity index is 539. The number of rotatable bonds is 7. The molecule has 0 aromatic carbocycles. The van der Waals surface area contributed by atoms with Crippen molar-refractivity contribution in [3.63, 3.8) is 0 Å². The van der Waals surface area contributed by atoms with E-state index in [0.717, 1.165) is 18.6 Å². The van der Waals surface area contributed by atoms with E-state index in [0.29, 0.717) is 30.0 Å². The molecule has 1 aromatic heterocycles. The monoisotopic (exact) mass is 297 g/mol. The van der Waals surface area contributed by atoms with E-state index >= 15 is 0 Å². The van der Waals surface area contributed by atoms with E-state index in [-0.39, 0.29) is 5.75 Å². The van der Waals surface area contributed by atoms with Gasteiger partial charge in [0.2, 0.25) is 0 Å². The van der Waals surface area contributed by atoms with E-state index in [1.807, 2.05) is 6.07 Å². The van der Waals surface area contributed by atoms with Gasteiger partial charge in [0.1, 0.15) is 17.3 Å². The molecule has 2 fully saturated rings. The molecule has 5 heteroatoms. The Labute approximate surface area is 120 Å². The van der Waals surface area contributed by atoms with Crippen molar-refractivity contribution in [2.24, 2.45) is 5.92 Å². The van der Waals surface area contributed by atoms with Crippen molar-refractivity contribution < 1.29 is 12.8 Å². The van der Waals surface area contributed by atoms with Gasteiger partial charge in [-0.3, -0.25) is 0 Å². The van der Waals surface area contributed by atoms with Gasteiger partial charge in [-0.25, -0.2) is 8.42 Å².